The van der Waals surface area contributed by atoms with Crippen LogP contribution in [0.2, 0.25) is 0 Å². The molecular formula is C12H21N3S. The molecule has 1 aromatic rings. The van der Waals surface area contributed by atoms with Crippen LogP contribution < -0.4 is 5.32 Å². The van der Waals surface area contributed by atoms with E-state index in [-0.39, 0.29) is 0 Å². The Balaban J connectivity index is 1.99. The Bertz CT molecular complexity index is 335. The molecule has 0 radical (unpaired) electrons. The number of aromatic nitrogens is 1. The van der Waals surface area contributed by atoms with Gasteiger partial charge < -0.3 is 5.32 Å². The van der Waals surface area contributed by atoms with Crippen molar-refractivity contribution in [3.8, 4) is 0 Å². The Morgan fingerprint density at radius 1 is 1.38 bits per heavy atom. The van der Waals surface area contributed by atoms with Gasteiger partial charge in [0.15, 0.2) is 5.13 Å². The minimum absolute atomic E-state index is 1.03. The predicted molar refractivity (Wildman–Crippen MR) is 70.2 cm³/mol. The van der Waals surface area contributed by atoms with E-state index in [2.05, 4.69) is 29.0 Å². The molecule has 2 rings (SSSR count). The van der Waals surface area contributed by atoms with Crippen LogP contribution in [0.3, 0.4) is 0 Å². The molecule has 1 aliphatic heterocycles. The van der Waals surface area contributed by atoms with Gasteiger partial charge in [-0.15, -0.1) is 11.3 Å². The van der Waals surface area contributed by atoms with Crippen LogP contribution >= 0.6 is 11.3 Å². The molecule has 90 valence electrons. The zero-order chi connectivity index (χ0) is 11.4. The molecule has 0 amide bonds. The van der Waals surface area contributed by atoms with Crippen LogP contribution in [0.15, 0.2) is 0 Å². The second kappa shape index (κ2) is 5.64. The first kappa shape index (κ1) is 11.9. The van der Waals surface area contributed by atoms with Gasteiger partial charge in [-0.25, -0.2) is 4.98 Å². The van der Waals surface area contributed by atoms with E-state index in [0.717, 1.165) is 31.1 Å². The average Bonchev–Trinajstić information content (AvgIpc) is 2.68. The van der Waals surface area contributed by atoms with Gasteiger partial charge in [0, 0.05) is 30.9 Å². The second-order valence-corrected chi connectivity index (χ2v) is 5.43. The highest BCUT2D eigenvalue weighted by Gasteiger charge is 2.19. The van der Waals surface area contributed by atoms with E-state index in [1.54, 1.807) is 0 Å². The van der Waals surface area contributed by atoms with Gasteiger partial charge in [0.1, 0.15) is 0 Å². The number of nitrogens with one attached hydrogen (secondary N) is 1. The smallest absolute Gasteiger partial charge is 0.183 e. The Morgan fingerprint density at radius 2 is 2.25 bits per heavy atom. The molecule has 0 atom stereocenters. The molecule has 0 saturated heterocycles. The summed E-state index contributed by atoms with van der Waals surface area (Å²) >= 11 is 1.84. The highest BCUT2D eigenvalue weighted by Crippen LogP contribution is 2.28. The fourth-order valence-electron chi connectivity index (χ4n) is 2.06. The highest BCUT2D eigenvalue weighted by molar-refractivity contribution is 7.15. The average molecular weight is 239 g/mol. The van der Waals surface area contributed by atoms with E-state index >= 15 is 0 Å². The molecule has 3 nitrogen and oxygen atoms in total. The molecule has 1 aromatic heterocycles. The molecule has 0 spiro atoms. The lowest BCUT2D eigenvalue weighted by Gasteiger charge is -2.24. The van der Waals surface area contributed by atoms with Gasteiger partial charge in [-0.3, -0.25) is 4.90 Å². The summed E-state index contributed by atoms with van der Waals surface area (Å²) < 4.78 is 0. The Morgan fingerprint density at radius 3 is 3.00 bits per heavy atom. The Kier molecular flexibility index (Phi) is 4.18. The molecule has 1 aliphatic rings. The number of rotatable bonds is 5. The van der Waals surface area contributed by atoms with Crippen molar-refractivity contribution in [1.29, 1.82) is 0 Å². The zero-order valence-corrected chi connectivity index (χ0v) is 11.1. The topological polar surface area (TPSA) is 28.2 Å². The maximum Gasteiger partial charge on any atom is 0.183 e. The predicted octanol–water partition coefficient (Wildman–Crippen LogP) is 2.73. The summed E-state index contributed by atoms with van der Waals surface area (Å²) in [6.07, 6.45) is 3.53. The fraction of sp³-hybridized carbons (Fsp3) is 0.750. The summed E-state index contributed by atoms with van der Waals surface area (Å²) in [5, 5.41) is 4.50. The number of anilines is 1. The second-order valence-electron chi connectivity index (χ2n) is 4.34. The number of fused-ring (bicyclic) bond motifs is 1. The van der Waals surface area contributed by atoms with Crippen molar-refractivity contribution in [3.05, 3.63) is 10.6 Å². The van der Waals surface area contributed by atoms with Crippen LogP contribution in [0, 0.1) is 0 Å². The van der Waals surface area contributed by atoms with Crippen molar-refractivity contribution in [3.63, 3.8) is 0 Å². The van der Waals surface area contributed by atoms with E-state index in [0.29, 0.717) is 0 Å². The van der Waals surface area contributed by atoms with E-state index in [1.165, 1.54) is 30.1 Å². The van der Waals surface area contributed by atoms with Crippen LogP contribution in [0.25, 0.3) is 0 Å². The minimum Gasteiger partial charge on any atom is -0.362 e. The molecule has 0 fully saturated rings. The third-order valence-electron chi connectivity index (χ3n) is 2.88. The van der Waals surface area contributed by atoms with Gasteiger partial charge in [0.2, 0.25) is 0 Å². The van der Waals surface area contributed by atoms with Crippen LogP contribution in [-0.2, 0) is 13.0 Å². The summed E-state index contributed by atoms with van der Waals surface area (Å²) in [5.41, 5.74) is 1.33. The first-order valence-corrected chi connectivity index (χ1v) is 7.10. The van der Waals surface area contributed by atoms with E-state index in [4.69, 9.17) is 0 Å². The summed E-state index contributed by atoms with van der Waals surface area (Å²) in [4.78, 5) is 8.67. The maximum absolute atomic E-state index is 4.66. The van der Waals surface area contributed by atoms with Gasteiger partial charge in [-0.05, 0) is 19.4 Å². The quantitative estimate of drug-likeness (QED) is 0.856. The van der Waals surface area contributed by atoms with E-state index in [1.807, 2.05) is 11.3 Å². The lowest BCUT2D eigenvalue weighted by atomic mass is 10.2. The van der Waals surface area contributed by atoms with Gasteiger partial charge in [0.25, 0.3) is 0 Å². The first-order chi connectivity index (χ1) is 7.83. The Labute approximate surface area is 102 Å². The van der Waals surface area contributed by atoms with E-state index < -0.39 is 0 Å². The minimum atomic E-state index is 1.03. The number of nitrogens with zero attached hydrogens (tertiary/aromatic N) is 2. The zero-order valence-electron chi connectivity index (χ0n) is 10.3. The van der Waals surface area contributed by atoms with Crippen LogP contribution in [-0.4, -0.2) is 29.5 Å². The lowest BCUT2D eigenvalue weighted by molar-refractivity contribution is 0.256. The van der Waals surface area contributed by atoms with Gasteiger partial charge in [-0.2, -0.15) is 0 Å². The monoisotopic (exact) mass is 239 g/mol. The van der Waals surface area contributed by atoms with Crippen molar-refractivity contribution in [2.75, 3.05) is 25.0 Å². The number of thiazole rings is 1. The first-order valence-electron chi connectivity index (χ1n) is 6.28. The molecule has 16 heavy (non-hydrogen) atoms. The number of hydrogen-bond donors (Lipinski definition) is 1. The molecule has 0 unspecified atom stereocenters. The molecule has 0 saturated carbocycles. The molecular weight excluding hydrogens is 218 g/mol. The summed E-state index contributed by atoms with van der Waals surface area (Å²) in [7, 11) is 0. The van der Waals surface area contributed by atoms with Crippen LogP contribution in [0.4, 0.5) is 5.13 Å². The fourth-order valence-corrected chi connectivity index (χ4v) is 3.14. The van der Waals surface area contributed by atoms with Crippen LogP contribution in [0.1, 0.15) is 37.3 Å². The standard InChI is InChI=1S/C12H21N3S/c1-3-6-13-12-14-10-5-8-15(7-4-2)9-11(10)16-12/h3-9H2,1-2H3,(H,13,14). The maximum atomic E-state index is 4.66. The number of hydrogen-bond acceptors (Lipinski definition) is 4. The molecule has 0 aromatic carbocycles. The SMILES string of the molecule is CCCNc1nc2c(s1)CN(CCC)CC2. The largest absolute Gasteiger partial charge is 0.362 e. The third kappa shape index (κ3) is 2.74. The van der Waals surface area contributed by atoms with Gasteiger partial charge in [-0.1, -0.05) is 13.8 Å². The lowest BCUT2D eigenvalue weighted by Crippen LogP contribution is -2.30. The van der Waals surface area contributed by atoms with Crippen molar-refractivity contribution in [2.45, 2.75) is 39.7 Å². The van der Waals surface area contributed by atoms with Crippen molar-refractivity contribution in [2.24, 2.45) is 0 Å². The Hall–Kier alpha value is -0.610. The summed E-state index contributed by atoms with van der Waals surface area (Å²) in [5.74, 6) is 0. The highest BCUT2D eigenvalue weighted by atomic mass is 32.1. The van der Waals surface area contributed by atoms with E-state index in [9.17, 15) is 0 Å². The normalized spacial score (nSPS) is 16.1. The molecule has 4 heteroatoms. The van der Waals surface area contributed by atoms with Crippen molar-refractivity contribution >= 4 is 16.5 Å². The van der Waals surface area contributed by atoms with Gasteiger partial charge in [0.05, 0.1) is 5.69 Å². The molecule has 2 heterocycles. The third-order valence-corrected chi connectivity index (χ3v) is 3.92. The molecule has 1 N–H and O–H groups in total. The van der Waals surface area contributed by atoms with Gasteiger partial charge >= 0.3 is 0 Å². The molecule has 0 aliphatic carbocycles. The van der Waals surface area contributed by atoms with Crippen molar-refractivity contribution < 1.29 is 0 Å². The van der Waals surface area contributed by atoms with Crippen LogP contribution in [0.5, 0.6) is 0 Å². The summed E-state index contributed by atoms with van der Waals surface area (Å²) in [6, 6.07) is 0. The molecule has 0 bridgehead atoms. The van der Waals surface area contributed by atoms with Crippen molar-refractivity contribution in [1.82, 2.24) is 9.88 Å². The summed E-state index contributed by atoms with van der Waals surface area (Å²) in [6.45, 7) is 8.96.